The Bertz CT molecular complexity index is 1220. The second-order valence-electron chi connectivity index (χ2n) is 9.23. The summed E-state index contributed by atoms with van der Waals surface area (Å²) >= 11 is 1.83. The highest BCUT2D eigenvalue weighted by Gasteiger charge is 2.15. The molecule has 0 bridgehead atoms. The molecule has 1 fully saturated rings. The zero-order chi connectivity index (χ0) is 26.7. The van der Waals surface area contributed by atoms with E-state index in [2.05, 4.69) is 48.1 Å². The molecule has 8 nitrogen and oxygen atoms in total. The third kappa shape index (κ3) is 8.03. The van der Waals surface area contributed by atoms with Gasteiger partial charge < -0.3 is 19.7 Å². The Morgan fingerprint density at radius 3 is 2.82 bits per heavy atom. The summed E-state index contributed by atoms with van der Waals surface area (Å²) in [5.74, 6) is 0.828. The third-order valence-electron chi connectivity index (χ3n) is 6.23. The summed E-state index contributed by atoms with van der Waals surface area (Å²) in [5, 5.41) is 7.41. The summed E-state index contributed by atoms with van der Waals surface area (Å²) in [7, 11) is 0. The van der Waals surface area contributed by atoms with Gasteiger partial charge in [0, 0.05) is 54.1 Å². The first-order valence-electron chi connectivity index (χ1n) is 13.2. The second-order valence-corrected chi connectivity index (χ2v) is 10.4. The number of anilines is 3. The summed E-state index contributed by atoms with van der Waals surface area (Å²) in [5.41, 5.74) is 5.06. The highest BCUT2D eigenvalue weighted by Crippen LogP contribution is 2.25. The van der Waals surface area contributed by atoms with Crippen molar-refractivity contribution in [2.24, 2.45) is 0 Å². The maximum Gasteiger partial charge on any atom is 0.411 e. The first-order chi connectivity index (χ1) is 18.5. The molecule has 0 unspecified atom stereocenters. The van der Waals surface area contributed by atoms with Crippen LogP contribution in [0.15, 0.2) is 49.1 Å². The number of nitrogens with zero attached hydrogens (tertiary/aromatic N) is 3. The van der Waals surface area contributed by atoms with Crippen LogP contribution in [-0.4, -0.2) is 49.0 Å². The molecule has 1 aliphatic heterocycles. The van der Waals surface area contributed by atoms with Gasteiger partial charge in [-0.2, -0.15) is 0 Å². The lowest BCUT2D eigenvalue weighted by atomic mass is 10.1. The fourth-order valence-corrected chi connectivity index (χ4v) is 5.49. The Kier molecular flexibility index (Phi) is 10.1. The molecule has 38 heavy (non-hydrogen) atoms. The minimum absolute atomic E-state index is 0.169. The number of aryl methyl sites for hydroxylation is 4. The van der Waals surface area contributed by atoms with Gasteiger partial charge in [-0.3, -0.25) is 5.32 Å². The van der Waals surface area contributed by atoms with Crippen LogP contribution in [0.25, 0.3) is 0 Å². The van der Waals surface area contributed by atoms with Gasteiger partial charge >= 0.3 is 6.09 Å². The molecule has 3 aromatic rings. The smallest absolute Gasteiger partial charge is 0.411 e. The van der Waals surface area contributed by atoms with Crippen LogP contribution in [0.5, 0.6) is 0 Å². The highest BCUT2D eigenvalue weighted by molar-refractivity contribution is 7.11. The van der Waals surface area contributed by atoms with Crippen LogP contribution in [0.1, 0.15) is 40.2 Å². The Morgan fingerprint density at radius 1 is 1.18 bits per heavy atom. The number of carbonyl (C=O) groups excluding carboxylic acids is 1. The van der Waals surface area contributed by atoms with Gasteiger partial charge in [0.2, 0.25) is 0 Å². The molecule has 1 saturated heterocycles. The third-order valence-corrected chi connectivity index (χ3v) is 7.50. The molecule has 2 N–H and O–H groups in total. The van der Waals surface area contributed by atoms with Crippen LogP contribution in [0.4, 0.5) is 22.0 Å². The Morgan fingerprint density at radius 2 is 2.03 bits per heavy atom. The van der Waals surface area contributed by atoms with Crippen molar-refractivity contribution in [3.05, 3.63) is 75.9 Å². The van der Waals surface area contributed by atoms with Crippen molar-refractivity contribution >= 4 is 34.6 Å². The number of hydrogen-bond acceptors (Lipinski definition) is 8. The number of amides is 1. The topological polar surface area (TPSA) is 88.6 Å². The number of rotatable bonds is 12. The van der Waals surface area contributed by atoms with Crippen LogP contribution in [0, 0.1) is 6.92 Å². The molecule has 3 heterocycles. The Labute approximate surface area is 229 Å². The van der Waals surface area contributed by atoms with E-state index in [1.54, 1.807) is 0 Å². The van der Waals surface area contributed by atoms with Gasteiger partial charge in [-0.05, 0) is 43.5 Å². The molecule has 0 radical (unpaired) electrons. The first kappa shape index (κ1) is 27.6. The number of benzene rings is 1. The van der Waals surface area contributed by atoms with Gasteiger partial charge in [0.05, 0.1) is 23.9 Å². The van der Waals surface area contributed by atoms with Crippen LogP contribution in [0.2, 0.25) is 0 Å². The molecule has 0 saturated carbocycles. The largest absolute Gasteiger partial charge is 0.445 e. The maximum absolute atomic E-state index is 11.9. The molecule has 0 atom stereocenters. The highest BCUT2D eigenvalue weighted by atomic mass is 32.1. The van der Waals surface area contributed by atoms with Gasteiger partial charge in [-0.15, -0.1) is 11.3 Å². The van der Waals surface area contributed by atoms with Crippen LogP contribution >= 0.6 is 11.3 Å². The Hall–Kier alpha value is -3.43. The van der Waals surface area contributed by atoms with E-state index < -0.39 is 6.09 Å². The van der Waals surface area contributed by atoms with E-state index in [0.717, 1.165) is 80.4 Å². The van der Waals surface area contributed by atoms with Crippen molar-refractivity contribution in [2.45, 2.75) is 46.1 Å². The number of carbonyl (C=O) groups is 1. The molecule has 1 aliphatic rings. The second kappa shape index (κ2) is 13.9. The zero-order valence-electron chi connectivity index (χ0n) is 22.3. The summed E-state index contributed by atoms with van der Waals surface area (Å²) < 4.78 is 10.6. The van der Waals surface area contributed by atoms with E-state index in [9.17, 15) is 4.79 Å². The van der Waals surface area contributed by atoms with E-state index >= 15 is 0 Å². The summed E-state index contributed by atoms with van der Waals surface area (Å²) in [4.78, 5) is 25.4. The van der Waals surface area contributed by atoms with E-state index in [0.29, 0.717) is 12.2 Å². The predicted octanol–water partition coefficient (Wildman–Crippen LogP) is 5.77. The number of morpholine rings is 1. The molecule has 4 rings (SSSR count). The zero-order valence-corrected chi connectivity index (χ0v) is 23.1. The molecule has 9 heteroatoms. The van der Waals surface area contributed by atoms with Crippen molar-refractivity contribution in [1.29, 1.82) is 0 Å². The first-order valence-corrected chi connectivity index (χ1v) is 14.0. The lowest BCUT2D eigenvalue weighted by molar-refractivity contribution is 0.122. The van der Waals surface area contributed by atoms with Crippen molar-refractivity contribution < 1.29 is 14.3 Å². The SMILES string of the molecule is C=CCOC(=O)Nc1cccc(CNc2cc(N3CCOCC3)cc(CCc3nc(C)c(CCC)s3)n2)c1. The van der Waals surface area contributed by atoms with Gasteiger partial charge in [0.25, 0.3) is 0 Å². The van der Waals surface area contributed by atoms with Crippen LogP contribution in [-0.2, 0) is 35.3 Å². The number of nitrogens with one attached hydrogen (secondary N) is 2. The Balaban J connectivity index is 1.46. The number of aromatic nitrogens is 2. The van der Waals surface area contributed by atoms with Gasteiger partial charge in [0.15, 0.2) is 0 Å². The van der Waals surface area contributed by atoms with Gasteiger partial charge in [-0.25, -0.2) is 14.8 Å². The minimum atomic E-state index is -0.503. The monoisotopic (exact) mass is 535 g/mol. The number of ether oxygens (including phenoxy) is 2. The van der Waals surface area contributed by atoms with Crippen molar-refractivity contribution in [3.8, 4) is 0 Å². The minimum Gasteiger partial charge on any atom is -0.445 e. The van der Waals surface area contributed by atoms with E-state index in [1.807, 2.05) is 35.6 Å². The average Bonchev–Trinajstić information content (AvgIpc) is 3.29. The standard InChI is InChI=1S/C29H37N5O3S/c1-4-7-26-21(3)31-28(38-26)11-10-24-18-25(34-12-15-36-16-13-34)19-27(32-24)30-20-22-8-6-9-23(17-22)33-29(35)37-14-5-2/h5-6,8-9,17-19H,2,4,7,10-16,20H2,1,3H3,(H,30,32)(H,33,35). The quantitative estimate of drug-likeness (QED) is 0.285. The van der Waals surface area contributed by atoms with E-state index in [4.69, 9.17) is 19.4 Å². The molecule has 2 aromatic heterocycles. The van der Waals surface area contributed by atoms with E-state index in [-0.39, 0.29) is 6.61 Å². The van der Waals surface area contributed by atoms with E-state index in [1.165, 1.54) is 16.0 Å². The molecular weight excluding hydrogens is 498 g/mol. The number of pyridine rings is 1. The summed E-state index contributed by atoms with van der Waals surface area (Å²) in [6.45, 7) is 11.8. The normalized spacial score (nSPS) is 13.3. The van der Waals surface area contributed by atoms with Crippen molar-refractivity contribution in [1.82, 2.24) is 9.97 Å². The molecule has 0 spiro atoms. The molecule has 202 valence electrons. The predicted molar refractivity (Wildman–Crippen MR) is 154 cm³/mol. The molecule has 0 aliphatic carbocycles. The lowest BCUT2D eigenvalue weighted by Gasteiger charge is -2.29. The lowest BCUT2D eigenvalue weighted by Crippen LogP contribution is -2.36. The van der Waals surface area contributed by atoms with Crippen molar-refractivity contribution in [3.63, 3.8) is 0 Å². The molecule has 1 aromatic carbocycles. The molecule has 1 amide bonds. The van der Waals surface area contributed by atoms with Crippen LogP contribution in [0.3, 0.4) is 0 Å². The van der Waals surface area contributed by atoms with Gasteiger partial charge in [0.1, 0.15) is 12.4 Å². The number of thiazole rings is 1. The van der Waals surface area contributed by atoms with Gasteiger partial charge in [-0.1, -0.05) is 38.1 Å². The average molecular weight is 536 g/mol. The summed E-state index contributed by atoms with van der Waals surface area (Å²) in [6.07, 6.45) is 4.97. The number of hydrogen-bond donors (Lipinski definition) is 2. The fourth-order valence-electron chi connectivity index (χ4n) is 4.32. The van der Waals surface area contributed by atoms with Crippen LogP contribution < -0.4 is 15.5 Å². The van der Waals surface area contributed by atoms with Crippen molar-refractivity contribution in [2.75, 3.05) is 48.4 Å². The summed E-state index contributed by atoms with van der Waals surface area (Å²) in [6, 6.07) is 12.0. The molecular formula is C29H37N5O3S. The fraction of sp³-hybridized carbons (Fsp3) is 0.414. The maximum atomic E-state index is 11.9.